The standard InChI is InChI=1S/2Al.Co.8FH/h;;;8*1H/q2*+3;+2;;;;;;;;/p-8. The van der Waals surface area contributed by atoms with Crippen LogP contribution < -0.4 is 0 Å². The molecule has 0 N–H and O–H groups in total. The Labute approximate surface area is 74.9 Å². The van der Waals surface area contributed by atoms with Gasteiger partial charge in [0.1, 0.15) is 0 Å². The Hall–Kier alpha value is 1.01. The maximum Gasteiger partial charge on any atom is 2.00 e. The molecule has 0 aromatic carbocycles. The van der Waals surface area contributed by atoms with Gasteiger partial charge in [0.15, 0.2) is 0 Å². The minimum absolute atomic E-state index is 0. The summed E-state index contributed by atoms with van der Waals surface area (Å²) < 4.78 is 78.8. The molecule has 0 heterocycles. The first-order valence-corrected chi connectivity index (χ1v) is 5.24. The number of hydrogen-bond donors (Lipinski definition) is 0. The summed E-state index contributed by atoms with van der Waals surface area (Å²) in [7, 11) is 0. The van der Waals surface area contributed by atoms with Crippen molar-refractivity contribution in [2.75, 3.05) is 0 Å². The van der Waals surface area contributed by atoms with E-state index in [0.29, 0.717) is 0 Å². The van der Waals surface area contributed by atoms with Crippen molar-refractivity contribution in [2.24, 2.45) is 0 Å². The van der Waals surface area contributed by atoms with E-state index < -0.39 is 29.8 Å². The third-order valence-corrected chi connectivity index (χ3v) is 0. The van der Waals surface area contributed by atoms with E-state index in [4.69, 9.17) is 0 Å². The van der Waals surface area contributed by atoms with E-state index >= 15 is 0 Å². The molecule has 0 atom stereocenters. The van der Waals surface area contributed by atoms with Gasteiger partial charge in [0.2, 0.25) is 0 Å². The van der Waals surface area contributed by atoms with E-state index in [1.54, 1.807) is 0 Å². The first kappa shape index (κ1) is 17.9. The fourth-order valence-electron chi connectivity index (χ4n) is 0. The van der Waals surface area contributed by atoms with E-state index in [0.717, 1.165) is 0 Å². The second kappa shape index (κ2) is 6.52. The zero-order valence-electron chi connectivity index (χ0n) is 4.51. The van der Waals surface area contributed by atoms with Crippen molar-refractivity contribution < 1.29 is 45.0 Å². The fourth-order valence-corrected chi connectivity index (χ4v) is 0. The Morgan fingerprint density at radius 3 is 0.455 bits per heavy atom. The van der Waals surface area contributed by atoms with Gasteiger partial charge in [-0.05, 0) is 0 Å². The molecule has 0 fully saturated rings. The van der Waals surface area contributed by atoms with E-state index in [9.17, 15) is 28.2 Å². The summed E-state index contributed by atoms with van der Waals surface area (Å²) in [6, 6.07) is 0. The second-order valence-electron chi connectivity index (χ2n) is 0.990. The van der Waals surface area contributed by atoms with Gasteiger partial charge >= 0.3 is 46.6 Å². The summed E-state index contributed by atoms with van der Waals surface area (Å²) in [6.07, 6.45) is 0. The van der Waals surface area contributed by atoms with Crippen LogP contribution in [-0.4, -0.2) is 29.8 Å². The first-order chi connectivity index (χ1) is 4.00. The molecule has 11 heavy (non-hydrogen) atoms. The topological polar surface area (TPSA) is 0 Å². The molecule has 0 aliphatic heterocycles. The largest absolute Gasteiger partial charge is 2.00 e. The third kappa shape index (κ3) is 874. The van der Waals surface area contributed by atoms with Crippen LogP contribution in [-0.2, 0) is 16.8 Å². The van der Waals surface area contributed by atoms with Gasteiger partial charge in [-0.2, -0.15) is 0 Å². The zero-order chi connectivity index (χ0) is 9.00. The van der Waals surface area contributed by atoms with Crippen molar-refractivity contribution in [2.45, 2.75) is 0 Å². The van der Waals surface area contributed by atoms with Gasteiger partial charge in [-0.1, -0.05) is 0 Å². The zero-order valence-corrected chi connectivity index (χ0v) is 7.86. The Kier molecular flexibility index (Phi) is 10.6. The molecule has 0 nitrogen and oxygen atoms in total. The van der Waals surface area contributed by atoms with Gasteiger partial charge in [0.25, 0.3) is 0 Å². The van der Waals surface area contributed by atoms with E-state index in [1.807, 2.05) is 0 Å². The summed E-state index contributed by atoms with van der Waals surface area (Å²) >= 11 is -13.7. The molecular weight excluding hydrogens is 265 g/mol. The van der Waals surface area contributed by atoms with Crippen molar-refractivity contribution in [1.82, 2.24) is 0 Å². The minimum Gasteiger partial charge on any atom is -0.510 e. The first-order valence-electron chi connectivity index (χ1n) is 1.75. The van der Waals surface area contributed by atoms with Crippen molar-refractivity contribution in [1.29, 1.82) is 0 Å². The maximum absolute atomic E-state index is 9.85. The quantitative estimate of drug-likeness (QED) is 0.466. The molecule has 0 rings (SSSR count). The second-order valence-corrected chi connectivity index (χ2v) is 2.97. The molecular formula is Al2CoF8. The van der Waals surface area contributed by atoms with E-state index in [1.165, 1.54) is 0 Å². The molecule has 0 aliphatic carbocycles. The Balaban J connectivity index is -0.000000107. The Morgan fingerprint density at radius 2 is 0.455 bits per heavy atom. The van der Waals surface area contributed by atoms with Crippen LogP contribution in [0.5, 0.6) is 0 Å². The molecule has 0 aromatic heterocycles. The fraction of sp³-hybridized carbons (Fsp3) is 0. The summed E-state index contributed by atoms with van der Waals surface area (Å²) in [5, 5.41) is 0. The van der Waals surface area contributed by atoms with E-state index in [-0.39, 0.29) is 16.8 Å². The minimum atomic E-state index is -6.83. The Bertz CT molecular complexity index is 55.1. The normalized spacial score (nSPS) is 10.9. The van der Waals surface area contributed by atoms with Crippen LogP contribution in [0.15, 0.2) is 0 Å². The van der Waals surface area contributed by atoms with Crippen LogP contribution in [0.4, 0.5) is 28.2 Å². The van der Waals surface area contributed by atoms with Crippen molar-refractivity contribution in [3.8, 4) is 0 Å². The smallest absolute Gasteiger partial charge is 0.510 e. The van der Waals surface area contributed by atoms with Crippen molar-refractivity contribution >= 4 is 29.8 Å². The number of rotatable bonds is 0. The van der Waals surface area contributed by atoms with Crippen LogP contribution in [0, 0.1) is 0 Å². The molecule has 0 amide bonds. The van der Waals surface area contributed by atoms with Crippen molar-refractivity contribution in [3.05, 3.63) is 0 Å². The molecule has 0 aliphatic rings. The van der Waals surface area contributed by atoms with Crippen LogP contribution in [0.1, 0.15) is 0 Å². The van der Waals surface area contributed by atoms with Gasteiger partial charge < -0.3 is 28.2 Å². The average Bonchev–Trinajstić information content (AvgIpc) is 1.12. The van der Waals surface area contributed by atoms with Gasteiger partial charge in [-0.3, -0.25) is 0 Å². The molecule has 11 heteroatoms. The summed E-state index contributed by atoms with van der Waals surface area (Å²) in [5.41, 5.74) is 0. The maximum atomic E-state index is 9.85. The van der Waals surface area contributed by atoms with Crippen LogP contribution in [0.2, 0.25) is 0 Å². The van der Waals surface area contributed by atoms with Gasteiger partial charge in [0.05, 0.1) is 0 Å². The number of hydrogen-bond acceptors (Lipinski definition) is 0. The van der Waals surface area contributed by atoms with Gasteiger partial charge in [0, 0.05) is 0 Å². The molecule has 71 valence electrons. The molecule has 0 aromatic rings. The predicted octanol–water partition coefficient (Wildman–Crippen LogP) is 2.60. The third-order valence-electron chi connectivity index (χ3n) is 0. The van der Waals surface area contributed by atoms with Gasteiger partial charge in [-0.15, -0.1) is 0 Å². The van der Waals surface area contributed by atoms with Gasteiger partial charge in [-0.25, -0.2) is 0 Å². The summed E-state index contributed by atoms with van der Waals surface area (Å²) in [6.45, 7) is 0. The molecule has 0 spiro atoms. The van der Waals surface area contributed by atoms with Crippen molar-refractivity contribution in [3.63, 3.8) is 0 Å². The molecule has 0 bridgehead atoms. The summed E-state index contributed by atoms with van der Waals surface area (Å²) in [4.78, 5) is 0. The SMILES string of the molecule is [Co+2].[F][Al-]([F])([F])[F].[F][Al-]([F])([F])[F]. The van der Waals surface area contributed by atoms with E-state index in [2.05, 4.69) is 0 Å². The molecule has 0 unspecified atom stereocenters. The van der Waals surface area contributed by atoms with Crippen LogP contribution in [0.3, 0.4) is 0 Å². The monoisotopic (exact) mass is 265 g/mol. The summed E-state index contributed by atoms with van der Waals surface area (Å²) in [5.74, 6) is 0. The molecule has 0 saturated heterocycles. The predicted molar refractivity (Wildman–Crippen MR) is 20.4 cm³/mol. The van der Waals surface area contributed by atoms with Crippen LogP contribution >= 0.6 is 0 Å². The number of halogens is 8. The Morgan fingerprint density at radius 1 is 0.455 bits per heavy atom. The average molecular weight is 265 g/mol. The van der Waals surface area contributed by atoms with Crippen LogP contribution in [0.25, 0.3) is 0 Å². The molecule has 0 saturated carbocycles. The molecule has 1 radical (unpaired) electrons.